The SMILES string of the molecule is Nc1cccc(N2CN(c3ccccc3)c3cc(C(F)(F)F)ccc32)n1. The molecule has 4 rings (SSSR count). The Morgan fingerprint density at radius 3 is 2.31 bits per heavy atom. The Hall–Kier alpha value is -3.22. The highest BCUT2D eigenvalue weighted by atomic mass is 19.4. The van der Waals surface area contributed by atoms with Gasteiger partial charge in [0.1, 0.15) is 18.3 Å². The number of pyridine rings is 1. The maximum absolute atomic E-state index is 13.2. The van der Waals surface area contributed by atoms with Crippen LogP contribution < -0.4 is 15.5 Å². The highest BCUT2D eigenvalue weighted by molar-refractivity contribution is 5.86. The van der Waals surface area contributed by atoms with Crippen molar-refractivity contribution in [1.29, 1.82) is 0 Å². The Balaban J connectivity index is 1.85. The number of aromatic nitrogens is 1. The van der Waals surface area contributed by atoms with Crippen molar-refractivity contribution in [3.63, 3.8) is 0 Å². The average Bonchev–Trinajstić information content (AvgIpc) is 3.00. The minimum atomic E-state index is -4.40. The van der Waals surface area contributed by atoms with Gasteiger partial charge < -0.3 is 15.5 Å². The van der Waals surface area contributed by atoms with Crippen LogP contribution in [0.15, 0.2) is 66.7 Å². The quantitative estimate of drug-likeness (QED) is 0.707. The summed E-state index contributed by atoms with van der Waals surface area (Å²) in [6, 6.07) is 18.3. The molecule has 2 heterocycles. The molecular weight excluding hydrogens is 341 g/mol. The molecule has 2 N–H and O–H groups in total. The van der Waals surface area contributed by atoms with E-state index >= 15 is 0 Å². The first-order valence-corrected chi connectivity index (χ1v) is 7.97. The molecule has 0 fully saturated rings. The number of para-hydroxylation sites is 1. The summed E-state index contributed by atoms with van der Waals surface area (Å²) in [6.07, 6.45) is -4.40. The zero-order valence-corrected chi connectivity index (χ0v) is 13.6. The molecule has 0 unspecified atom stereocenters. The minimum absolute atomic E-state index is 0.344. The predicted molar refractivity (Wildman–Crippen MR) is 95.7 cm³/mol. The van der Waals surface area contributed by atoms with E-state index in [1.54, 1.807) is 18.2 Å². The lowest BCUT2D eigenvalue weighted by atomic mass is 10.1. The van der Waals surface area contributed by atoms with Crippen molar-refractivity contribution >= 4 is 28.7 Å². The van der Waals surface area contributed by atoms with E-state index in [9.17, 15) is 13.2 Å². The maximum atomic E-state index is 13.2. The smallest absolute Gasteiger partial charge is 0.384 e. The van der Waals surface area contributed by atoms with Gasteiger partial charge in [0.25, 0.3) is 0 Å². The third kappa shape index (κ3) is 2.81. The second kappa shape index (κ2) is 5.94. The van der Waals surface area contributed by atoms with Crippen LogP contribution in [0.25, 0.3) is 0 Å². The molecule has 1 aliphatic rings. The van der Waals surface area contributed by atoms with Gasteiger partial charge in [-0.05, 0) is 42.5 Å². The topological polar surface area (TPSA) is 45.4 Å². The fourth-order valence-electron chi connectivity index (χ4n) is 3.05. The molecule has 0 saturated carbocycles. The number of benzene rings is 2. The van der Waals surface area contributed by atoms with Gasteiger partial charge in [0.2, 0.25) is 0 Å². The van der Waals surface area contributed by atoms with Crippen molar-refractivity contribution in [3.05, 3.63) is 72.3 Å². The van der Waals surface area contributed by atoms with Crippen molar-refractivity contribution in [3.8, 4) is 0 Å². The molecule has 0 radical (unpaired) electrons. The summed E-state index contributed by atoms with van der Waals surface area (Å²) < 4.78 is 39.6. The summed E-state index contributed by atoms with van der Waals surface area (Å²) >= 11 is 0. The van der Waals surface area contributed by atoms with E-state index in [0.717, 1.165) is 11.8 Å². The van der Waals surface area contributed by atoms with E-state index in [-0.39, 0.29) is 0 Å². The van der Waals surface area contributed by atoms with Crippen molar-refractivity contribution in [2.75, 3.05) is 22.2 Å². The molecule has 0 amide bonds. The van der Waals surface area contributed by atoms with Crippen molar-refractivity contribution in [2.45, 2.75) is 6.18 Å². The number of rotatable bonds is 2. The van der Waals surface area contributed by atoms with E-state index in [2.05, 4.69) is 4.98 Å². The van der Waals surface area contributed by atoms with Gasteiger partial charge in [-0.25, -0.2) is 4.98 Å². The normalized spacial score (nSPS) is 13.8. The van der Waals surface area contributed by atoms with Gasteiger partial charge in [0, 0.05) is 5.69 Å². The summed E-state index contributed by atoms with van der Waals surface area (Å²) in [4.78, 5) is 7.98. The van der Waals surface area contributed by atoms with Crippen LogP contribution >= 0.6 is 0 Å². The molecule has 3 aromatic rings. The molecule has 4 nitrogen and oxygen atoms in total. The van der Waals surface area contributed by atoms with E-state index in [0.29, 0.717) is 29.7 Å². The van der Waals surface area contributed by atoms with Crippen LogP contribution in [-0.4, -0.2) is 11.7 Å². The Bertz CT molecular complexity index is 941. The molecule has 0 spiro atoms. The number of fused-ring (bicyclic) bond motifs is 1. The van der Waals surface area contributed by atoms with Gasteiger partial charge in [0.05, 0.1) is 16.9 Å². The van der Waals surface area contributed by atoms with Crippen LogP contribution in [-0.2, 0) is 6.18 Å². The van der Waals surface area contributed by atoms with E-state index in [4.69, 9.17) is 5.73 Å². The van der Waals surface area contributed by atoms with Crippen LogP contribution in [0.3, 0.4) is 0 Å². The molecule has 1 aliphatic heterocycles. The van der Waals surface area contributed by atoms with Crippen LogP contribution in [0, 0.1) is 0 Å². The van der Waals surface area contributed by atoms with E-state index in [1.807, 2.05) is 40.1 Å². The number of nitrogen functional groups attached to an aromatic ring is 1. The van der Waals surface area contributed by atoms with Crippen LogP contribution in [0.2, 0.25) is 0 Å². The predicted octanol–water partition coefficient (Wildman–Crippen LogP) is 4.93. The Morgan fingerprint density at radius 2 is 1.62 bits per heavy atom. The third-order valence-corrected chi connectivity index (χ3v) is 4.27. The van der Waals surface area contributed by atoms with Gasteiger partial charge in [-0.2, -0.15) is 13.2 Å². The molecular formula is C19H15F3N4. The van der Waals surface area contributed by atoms with Gasteiger partial charge in [-0.15, -0.1) is 0 Å². The number of alkyl halides is 3. The fourth-order valence-corrected chi connectivity index (χ4v) is 3.05. The van der Waals surface area contributed by atoms with Gasteiger partial charge in [0.15, 0.2) is 0 Å². The first-order valence-electron chi connectivity index (χ1n) is 7.97. The summed E-state index contributed by atoms with van der Waals surface area (Å²) in [7, 11) is 0. The molecule has 7 heteroatoms. The number of nitrogens with two attached hydrogens (primary N) is 1. The minimum Gasteiger partial charge on any atom is -0.384 e. The lowest BCUT2D eigenvalue weighted by Gasteiger charge is -2.21. The van der Waals surface area contributed by atoms with E-state index in [1.165, 1.54) is 12.1 Å². The van der Waals surface area contributed by atoms with Crippen LogP contribution in [0.4, 0.5) is 41.9 Å². The Labute approximate surface area is 148 Å². The highest BCUT2D eigenvalue weighted by Gasteiger charge is 2.35. The molecule has 2 aromatic carbocycles. The fraction of sp³-hybridized carbons (Fsp3) is 0.105. The number of halogens is 3. The number of hydrogen-bond donors (Lipinski definition) is 1. The summed E-state index contributed by atoms with van der Waals surface area (Å²) in [6.45, 7) is 0.344. The number of nitrogens with zero attached hydrogens (tertiary/aromatic N) is 3. The first-order chi connectivity index (χ1) is 12.4. The van der Waals surface area contributed by atoms with Gasteiger partial charge in [-0.1, -0.05) is 24.3 Å². The highest BCUT2D eigenvalue weighted by Crippen LogP contribution is 2.46. The van der Waals surface area contributed by atoms with Crippen molar-refractivity contribution in [1.82, 2.24) is 4.98 Å². The third-order valence-electron chi connectivity index (χ3n) is 4.27. The molecule has 26 heavy (non-hydrogen) atoms. The number of anilines is 5. The lowest BCUT2D eigenvalue weighted by molar-refractivity contribution is -0.137. The molecule has 132 valence electrons. The summed E-state index contributed by atoms with van der Waals surface area (Å²) in [5.74, 6) is 0.943. The monoisotopic (exact) mass is 356 g/mol. The molecule has 1 aromatic heterocycles. The van der Waals surface area contributed by atoms with Crippen molar-refractivity contribution < 1.29 is 13.2 Å². The lowest BCUT2D eigenvalue weighted by Crippen LogP contribution is -2.24. The Kier molecular flexibility index (Phi) is 3.72. The molecule has 0 aliphatic carbocycles. The molecule has 0 atom stereocenters. The average molecular weight is 356 g/mol. The second-order valence-electron chi connectivity index (χ2n) is 5.95. The van der Waals surface area contributed by atoms with E-state index < -0.39 is 11.7 Å². The molecule has 0 bridgehead atoms. The first kappa shape index (κ1) is 16.3. The standard InChI is InChI=1S/C19H15F3N4/c20-19(21,22)13-9-10-15-16(11-13)25(14-5-2-1-3-6-14)12-26(15)18-8-4-7-17(23)24-18/h1-11H,12H2,(H2,23,24). The molecule has 0 saturated heterocycles. The maximum Gasteiger partial charge on any atom is 0.416 e. The van der Waals surface area contributed by atoms with Crippen molar-refractivity contribution in [2.24, 2.45) is 0 Å². The number of hydrogen-bond acceptors (Lipinski definition) is 4. The largest absolute Gasteiger partial charge is 0.416 e. The zero-order valence-electron chi connectivity index (χ0n) is 13.6. The van der Waals surface area contributed by atoms with Crippen LogP contribution in [0.1, 0.15) is 5.56 Å². The second-order valence-corrected chi connectivity index (χ2v) is 5.95. The van der Waals surface area contributed by atoms with Gasteiger partial charge in [-0.3, -0.25) is 0 Å². The summed E-state index contributed by atoms with van der Waals surface area (Å²) in [5.41, 5.74) is 7.03. The van der Waals surface area contributed by atoms with Crippen LogP contribution in [0.5, 0.6) is 0 Å². The Morgan fingerprint density at radius 1 is 0.846 bits per heavy atom. The van der Waals surface area contributed by atoms with Gasteiger partial charge >= 0.3 is 6.18 Å². The zero-order chi connectivity index (χ0) is 18.3. The summed E-state index contributed by atoms with van der Waals surface area (Å²) in [5, 5.41) is 0.